The Bertz CT molecular complexity index is 4100. The number of fused-ring (bicyclic) bond motifs is 2. The zero-order valence-electron chi connectivity index (χ0n) is 74.5. The lowest BCUT2D eigenvalue weighted by molar-refractivity contribution is -0.207. The molecule has 12 bridgehead atoms. The van der Waals surface area contributed by atoms with Gasteiger partial charge in [-0.15, -0.1) is 0 Å². The molecule has 10 atom stereocenters. The fourth-order valence-electron chi connectivity index (χ4n) is 20.6. The number of hydrogen-bond acceptors (Lipinski definition) is 30. The van der Waals surface area contributed by atoms with E-state index in [-0.39, 0.29) is 63.4 Å². The molecule has 10 unspecified atom stereocenters. The predicted octanol–water partition coefficient (Wildman–Crippen LogP) is 12.6. The maximum Gasteiger partial charge on any atom is 0.344 e. The summed E-state index contributed by atoms with van der Waals surface area (Å²) >= 11 is 0. The number of esters is 12. The Morgan fingerprint density at radius 3 is 0.959 bits per heavy atom. The molecule has 14 saturated carbocycles. The average molecular weight is 1760 g/mol. The SMILES string of the molecule is C=C(C)C(=O)OC1(C)CCCC1.C=C(C)C(=O)OCC(=O)OC1C2CC3C1OS(=O)(=O)C3C2.C=C(C)C(=O)OCC(=O)OCC(=O)OC1(C)C2CC3CC(C2)CC1C3.CCC(C)(C)C(=O)OC1(C)CCCC1.CCC(C)(C)C(=O)OCC(=O)OC1C2CC3C1OS(=O)(=O)C3C2.CCC(C)(C)C(=O)OCC(=O)OCC(=O)OC1(C)C2CC3CC(C2)CC1C3. The van der Waals surface area contributed by atoms with Crippen molar-refractivity contribution < 1.29 is 140 Å². The second kappa shape index (κ2) is 39.7. The molecule has 122 heavy (non-hydrogen) atoms. The zero-order chi connectivity index (χ0) is 90.4. The summed E-state index contributed by atoms with van der Waals surface area (Å²) in [6.45, 7) is 36.9. The molecule has 16 aliphatic rings. The first-order valence-corrected chi connectivity index (χ1v) is 46.8. The molecule has 14 aliphatic carbocycles. The summed E-state index contributed by atoms with van der Waals surface area (Å²) in [5.74, 6) is -1.77. The molecule has 30 nitrogen and oxygen atoms in total. The van der Waals surface area contributed by atoms with E-state index in [1.807, 2.05) is 48.5 Å². The average Bonchev–Trinajstić information content (AvgIpc) is 1.44. The molecule has 16 fully saturated rings. The van der Waals surface area contributed by atoms with Crippen LogP contribution < -0.4 is 0 Å². The van der Waals surface area contributed by atoms with Crippen LogP contribution in [-0.2, 0) is 143 Å². The Balaban J connectivity index is 0.000000169. The van der Waals surface area contributed by atoms with E-state index in [1.165, 1.54) is 52.4 Å². The van der Waals surface area contributed by atoms with Crippen molar-refractivity contribution in [2.24, 2.45) is 87.3 Å². The van der Waals surface area contributed by atoms with E-state index in [1.54, 1.807) is 34.6 Å². The highest BCUT2D eigenvalue weighted by Gasteiger charge is 2.67. The minimum Gasteiger partial charge on any atom is -0.459 e. The second-order valence-electron chi connectivity index (χ2n) is 39.6. The van der Waals surface area contributed by atoms with Gasteiger partial charge in [0.25, 0.3) is 20.2 Å². The van der Waals surface area contributed by atoms with Gasteiger partial charge in [0.2, 0.25) is 0 Å². The Labute approximate surface area is 719 Å². The molecule has 0 aromatic carbocycles. The number of hydrogen-bond donors (Lipinski definition) is 0. The third-order valence-electron chi connectivity index (χ3n) is 28.9. The van der Waals surface area contributed by atoms with Crippen molar-refractivity contribution in [3.05, 3.63) is 36.5 Å². The van der Waals surface area contributed by atoms with Gasteiger partial charge in [-0.3, -0.25) is 22.7 Å². The second-order valence-corrected chi connectivity index (χ2v) is 43.1. The van der Waals surface area contributed by atoms with Gasteiger partial charge in [-0.05, 0) is 298 Å². The zero-order valence-corrected chi connectivity index (χ0v) is 76.1. The molecule has 32 heteroatoms. The molecule has 0 aromatic rings. The Kier molecular flexibility index (Phi) is 32.0. The standard InChI is InChI=1S/C21H32O6.C19H26O6.C15H22O7S.C13H16O7S.C12H22O2.C10H16O2/c1-5-20(2,3)19(24)26-11-17(22)25-12-18(23)27-21(4)15-7-13-6-14(9-15)10-16(21)8-13;1-11(2)18(22)24-9-16(20)23-10-17(21)25-19(3)14-5-12-4-13(7-14)8-15(19)6-12;1-4-15(2,3)14(17)20-7-11(16)21-12-8-5-9-10(6-8)23(18,19)22-13(9)12;1-6(2)13(15)18-5-10(14)19-11-7-3-8-9(4-7)21(16,17)20-12(8)11;1-5-11(2,3)10(13)14-12(4)8-6-7-9-12;1-8(2)9(11)12-10(3)6-4-5-7-10/h13-16H,5-12H2,1-4H3;12-15H,1,4-10H2,2-3H3;8-10,12-13H,4-7H2,1-3H3;7-9,11-12H,1,3-5H2,2H3;5-9H2,1-4H3;1,4-7H2,2-3H3. The third-order valence-corrected chi connectivity index (χ3v) is 32.4. The maximum atomic E-state index is 12.3. The number of rotatable bonds is 27. The van der Waals surface area contributed by atoms with Gasteiger partial charge in [0.1, 0.15) is 46.8 Å². The van der Waals surface area contributed by atoms with Crippen LogP contribution >= 0.6 is 0 Å². The van der Waals surface area contributed by atoms with Gasteiger partial charge in [0.05, 0.1) is 26.7 Å². The normalized spacial score (nSPS) is 32.7. The molecule has 0 amide bonds. The van der Waals surface area contributed by atoms with E-state index < -0.39 is 177 Å². The van der Waals surface area contributed by atoms with Crippen molar-refractivity contribution in [3.8, 4) is 0 Å². The van der Waals surface area contributed by atoms with Crippen LogP contribution in [0.2, 0.25) is 0 Å². The van der Waals surface area contributed by atoms with Crippen molar-refractivity contribution >= 4 is 91.9 Å². The first-order valence-electron chi connectivity index (χ1n) is 43.9. The smallest absolute Gasteiger partial charge is 0.344 e. The van der Waals surface area contributed by atoms with E-state index in [0.29, 0.717) is 67.8 Å². The molecule has 0 N–H and O–H groups in total. The summed E-state index contributed by atoms with van der Waals surface area (Å²) < 4.78 is 120. The Hall–Kier alpha value is -7.32. The largest absolute Gasteiger partial charge is 0.459 e. The number of ether oxygens (including phenoxy) is 12. The summed E-state index contributed by atoms with van der Waals surface area (Å²) in [5.41, 5.74) is -2.01. The van der Waals surface area contributed by atoms with Crippen LogP contribution in [0.25, 0.3) is 0 Å². The minimum absolute atomic E-state index is 0.00284. The van der Waals surface area contributed by atoms with Gasteiger partial charge >= 0.3 is 71.6 Å². The van der Waals surface area contributed by atoms with Crippen LogP contribution in [0.3, 0.4) is 0 Å². The van der Waals surface area contributed by atoms with Crippen LogP contribution in [0.5, 0.6) is 0 Å². The molecule has 0 radical (unpaired) electrons. The van der Waals surface area contributed by atoms with Gasteiger partial charge < -0.3 is 56.8 Å². The van der Waals surface area contributed by atoms with E-state index in [0.717, 1.165) is 107 Å². The first-order chi connectivity index (χ1) is 56.8. The molecule has 686 valence electrons. The maximum absolute atomic E-state index is 12.3. The quantitative estimate of drug-likeness (QED) is 0.0319. The van der Waals surface area contributed by atoms with Crippen LogP contribution in [0.15, 0.2) is 36.5 Å². The lowest BCUT2D eigenvalue weighted by Crippen LogP contribution is -2.58. The Morgan fingerprint density at radius 1 is 0.352 bits per heavy atom. The van der Waals surface area contributed by atoms with Crippen LogP contribution in [0.1, 0.15) is 271 Å². The topological polar surface area (TPSA) is 402 Å². The third kappa shape index (κ3) is 24.1. The molecule has 2 heterocycles. The summed E-state index contributed by atoms with van der Waals surface area (Å²) in [5, 5.41) is -0.903. The van der Waals surface area contributed by atoms with Crippen molar-refractivity contribution in [1.29, 1.82) is 0 Å². The lowest BCUT2D eigenvalue weighted by atomic mass is 9.50. The highest BCUT2D eigenvalue weighted by Crippen LogP contribution is 2.62. The molecule has 2 saturated heterocycles. The fraction of sp³-hybridized carbons (Fsp3) is 0.800. The van der Waals surface area contributed by atoms with Crippen molar-refractivity contribution in [3.63, 3.8) is 0 Å². The molecule has 0 aromatic heterocycles. The van der Waals surface area contributed by atoms with Crippen molar-refractivity contribution in [2.45, 2.75) is 329 Å². The van der Waals surface area contributed by atoms with Crippen molar-refractivity contribution in [2.75, 3.05) is 39.6 Å². The Morgan fingerprint density at radius 2 is 0.639 bits per heavy atom. The highest BCUT2D eigenvalue weighted by molar-refractivity contribution is 7.88. The van der Waals surface area contributed by atoms with Gasteiger partial charge in [0, 0.05) is 40.4 Å². The number of carbonyl (C=O) groups excluding carboxylic acids is 12. The molecule has 0 spiro atoms. The van der Waals surface area contributed by atoms with Gasteiger partial charge in [-0.1, -0.05) is 40.5 Å². The molecular formula is C90H134O30S2. The van der Waals surface area contributed by atoms with E-state index >= 15 is 0 Å². The molecule has 16 rings (SSSR count). The van der Waals surface area contributed by atoms with Gasteiger partial charge in [0.15, 0.2) is 39.6 Å². The van der Waals surface area contributed by atoms with E-state index in [4.69, 9.17) is 60.5 Å². The number of carbonyl (C=O) groups is 12. The lowest BCUT2D eigenvalue weighted by Gasteiger charge is -2.59. The fourth-order valence-corrected chi connectivity index (χ4v) is 24.4. The van der Waals surface area contributed by atoms with E-state index in [2.05, 4.69) is 38.3 Å². The van der Waals surface area contributed by atoms with Crippen LogP contribution in [0, 0.1) is 87.3 Å². The van der Waals surface area contributed by atoms with Gasteiger partial charge in [-0.2, -0.15) is 16.8 Å². The highest BCUT2D eigenvalue weighted by atomic mass is 32.2. The first kappa shape index (κ1) is 98.5. The molecule has 2 aliphatic heterocycles. The van der Waals surface area contributed by atoms with E-state index in [9.17, 15) is 74.4 Å². The van der Waals surface area contributed by atoms with Gasteiger partial charge in [-0.25, -0.2) is 43.2 Å². The van der Waals surface area contributed by atoms with Crippen molar-refractivity contribution in [1.82, 2.24) is 0 Å². The summed E-state index contributed by atoms with van der Waals surface area (Å²) in [6.07, 6.45) is 22.6. The summed E-state index contributed by atoms with van der Waals surface area (Å²) in [7, 11) is -7.05. The summed E-state index contributed by atoms with van der Waals surface area (Å²) in [6, 6.07) is 0. The monoisotopic (exact) mass is 1760 g/mol. The predicted molar refractivity (Wildman–Crippen MR) is 439 cm³/mol. The molecular weight excluding hydrogens is 1630 g/mol. The van der Waals surface area contributed by atoms with Crippen LogP contribution in [-0.4, -0.2) is 185 Å². The van der Waals surface area contributed by atoms with Crippen LogP contribution in [0.4, 0.5) is 0 Å². The summed E-state index contributed by atoms with van der Waals surface area (Å²) in [4.78, 5) is 141. The minimum atomic E-state index is -3.53.